The van der Waals surface area contributed by atoms with Crippen LogP contribution in [0.3, 0.4) is 0 Å². The molecule has 0 aliphatic carbocycles. The summed E-state index contributed by atoms with van der Waals surface area (Å²) in [6, 6.07) is 15.0. The molecule has 2 rings (SSSR count). The maximum absolute atomic E-state index is 12.8. The van der Waals surface area contributed by atoms with Gasteiger partial charge in [0.15, 0.2) is 0 Å². The van der Waals surface area contributed by atoms with E-state index in [9.17, 15) is 4.39 Å². The highest BCUT2D eigenvalue weighted by molar-refractivity contribution is 5.24. The number of benzene rings is 2. The lowest BCUT2D eigenvalue weighted by Crippen LogP contribution is -2.11. The second kappa shape index (κ2) is 5.78. The Kier molecular flexibility index (Phi) is 4.11. The molecule has 18 heavy (non-hydrogen) atoms. The molecule has 94 valence electrons. The van der Waals surface area contributed by atoms with Crippen LogP contribution < -0.4 is 5.73 Å². The Balaban J connectivity index is 1.93. The number of aryl methyl sites for hydroxylation is 2. The first-order valence-corrected chi connectivity index (χ1v) is 6.22. The Bertz CT molecular complexity index is 488. The lowest BCUT2D eigenvalue weighted by molar-refractivity contribution is 0.623. The van der Waals surface area contributed by atoms with Crippen molar-refractivity contribution >= 4 is 0 Å². The number of halogens is 1. The van der Waals surface area contributed by atoms with Crippen molar-refractivity contribution in [3.8, 4) is 0 Å². The molecule has 0 aromatic heterocycles. The predicted molar refractivity (Wildman–Crippen MR) is 72.8 cm³/mol. The molecule has 2 aromatic rings. The van der Waals surface area contributed by atoms with Gasteiger partial charge in [-0.1, -0.05) is 42.0 Å². The molecule has 0 radical (unpaired) electrons. The van der Waals surface area contributed by atoms with E-state index in [1.54, 1.807) is 0 Å². The lowest BCUT2D eigenvalue weighted by atomic mass is 9.99. The molecular formula is C16H18FN. The van der Waals surface area contributed by atoms with E-state index in [1.807, 2.05) is 12.1 Å². The van der Waals surface area contributed by atoms with Crippen molar-refractivity contribution in [2.45, 2.75) is 25.8 Å². The van der Waals surface area contributed by atoms with Gasteiger partial charge in [0, 0.05) is 6.04 Å². The fraction of sp³-hybridized carbons (Fsp3) is 0.250. The molecule has 0 saturated carbocycles. The molecular weight excluding hydrogens is 225 g/mol. The van der Waals surface area contributed by atoms with E-state index >= 15 is 0 Å². The molecule has 0 fully saturated rings. The second-order valence-electron chi connectivity index (χ2n) is 4.68. The van der Waals surface area contributed by atoms with Crippen molar-refractivity contribution in [3.63, 3.8) is 0 Å². The van der Waals surface area contributed by atoms with Crippen LogP contribution in [0.1, 0.15) is 29.2 Å². The first-order valence-electron chi connectivity index (χ1n) is 6.22. The third-order valence-corrected chi connectivity index (χ3v) is 3.16. The van der Waals surface area contributed by atoms with E-state index in [0.29, 0.717) is 0 Å². The number of nitrogens with two attached hydrogens (primary N) is 1. The molecule has 0 amide bonds. The van der Waals surface area contributed by atoms with Gasteiger partial charge in [-0.25, -0.2) is 4.39 Å². The van der Waals surface area contributed by atoms with Gasteiger partial charge in [0.25, 0.3) is 0 Å². The lowest BCUT2D eigenvalue weighted by Gasteiger charge is -2.12. The maximum atomic E-state index is 12.8. The molecule has 0 bridgehead atoms. The quantitative estimate of drug-likeness (QED) is 0.869. The van der Waals surface area contributed by atoms with Crippen molar-refractivity contribution in [1.29, 1.82) is 0 Å². The standard InChI is InChI=1S/C16H18FN/c1-12-2-7-14(8-3-12)16(18)11-6-13-4-9-15(17)10-5-13/h2-5,7-10,16H,6,11,18H2,1H3. The third-order valence-electron chi connectivity index (χ3n) is 3.16. The van der Waals surface area contributed by atoms with E-state index in [2.05, 4.69) is 31.2 Å². The van der Waals surface area contributed by atoms with Gasteiger partial charge in [-0.05, 0) is 43.0 Å². The molecule has 2 N–H and O–H groups in total. The van der Waals surface area contributed by atoms with Gasteiger partial charge in [0.2, 0.25) is 0 Å². The summed E-state index contributed by atoms with van der Waals surface area (Å²) < 4.78 is 12.8. The van der Waals surface area contributed by atoms with Crippen LogP contribution in [-0.4, -0.2) is 0 Å². The molecule has 2 heteroatoms. The summed E-state index contributed by atoms with van der Waals surface area (Å²) in [6.45, 7) is 2.06. The van der Waals surface area contributed by atoms with E-state index < -0.39 is 0 Å². The summed E-state index contributed by atoms with van der Waals surface area (Å²) >= 11 is 0. The van der Waals surface area contributed by atoms with Crippen LogP contribution >= 0.6 is 0 Å². The monoisotopic (exact) mass is 243 g/mol. The largest absolute Gasteiger partial charge is 0.324 e. The van der Waals surface area contributed by atoms with Gasteiger partial charge in [0.1, 0.15) is 5.82 Å². The van der Waals surface area contributed by atoms with Gasteiger partial charge in [-0.15, -0.1) is 0 Å². The topological polar surface area (TPSA) is 26.0 Å². The number of hydrogen-bond donors (Lipinski definition) is 1. The molecule has 0 aliphatic heterocycles. The predicted octanol–water partition coefficient (Wildman–Crippen LogP) is 3.77. The summed E-state index contributed by atoms with van der Waals surface area (Å²) in [6.07, 6.45) is 1.74. The van der Waals surface area contributed by atoms with Crippen LogP contribution in [0.5, 0.6) is 0 Å². The van der Waals surface area contributed by atoms with E-state index in [-0.39, 0.29) is 11.9 Å². The first-order chi connectivity index (χ1) is 8.65. The van der Waals surface area contributed by atoms with Crippen molar-refractivity contribution in [3.05, 3.63) is 71.0 Å². The molecule has 2 aromatic carbocycles. The van der Waals surface area contributed by atoms with Crippen molar-refractivity contribution in [1.82, 2.24) is 0 Å². The zero-order chi connectivity index (χ0) is 13.0. The Morgan fingerprint density at radius 1 is 1.00 bits per heavy atom. The van der Waals surface area contributed by atoms with Gasteiger partial charge in [-0.3, -0.25) is 0 Å². The third kappa shape index (κ3) is 3.41. The van der Waals surface area contributed by atoms with Crippen molar-refractivity contribution in [2.24, 2.45) is 5.73 Å². The number of hydrogen-bond acceptors (Lipinski definition) is 1. The normalized spacial score (nSPS) is 12.4. The highest BCUT2D eigenvalue weighted by Crippen LogP contribution is 2.17. The first kappa shape index (κ1) is 12.8. The zero-order valence-corrected chi connectivity index (χ0v) is 10.6. The minimum Gasteiger partial charge on any atom is -0.324 e. The van der Waals surface area contributed by atoms with Crippen LogP contribution in [0.4, 0.5) is 4.39 Å². The molecule has 1 nitrogen and oxygen atoms in total. The molecule has 1 atom stereocenters. The maximum Gasteiger partial charge on any atom is 0.123 e. The molecule has 1 unspecified atom stereocenters. The van der Waals surface area contributed by atoms with Crippen LogP contribution in [0.25, 0.3) is 0 Å². The molecule has 0 heterocycles. The molecule has 0 spiro atoms. The van der Waals surface area contributed by atoms with E-state index in [0.717, 1.165) is 24.0 Å². The minimum absolute atomic E-state index is 0.0376. The highest BCUT2D eigenvalue weighted by Gasteiger charge is 2.06. The van der Waals surface area contributed by atoms with Crippen LogP contribution in [0.2, 0.25) is 0 Å². The van der Waals surface area contributed by atoms with Crippen LogP contribution in [0, 0.1) is 12.7 Å². The van der Waals surface area contributed by atoms with Gasteiger partial charge < -0.3 is 5.73 Å². The average Bonchev–Trinajstić information content (AvgIpc) is 2.38. The molecule has 0 aliphatic rings. The summed E-state index contributed by atoms with van der Waals surface area (Å²) in [5, 5.41) is 0. The summed E-state index contributed by atoms with van der Waals surface area (Å²) in [5.41, 5.74) is 9.67. The van der Waals surface area contributed by atoms with Gasteiger partial charge in [0.05, 0.1) is 0 Å². The Hall–Kier alpha value is -1.67. The smallest absolute Gasteiger partial charge is 0.123 e. The fourth-order valence-electron chi connectivity index (χ4n) is 1.95. The summed E-state index contributed by atoms with van der Waals surface area (Å²) in [5.74, 6) is -0.193. The Morgan fingerprint density at radius 2 is 1.61 bits per heavy atom. The van der Waals surface area contributed by atoms with Crippen LogP contribution in [-0.2, 0) is 6.42 Å². The van der Waals surface area contributed by atoms with Gasteiger partial charge in [-0.2, -0.15) is 0 Å². The zero-order valence-electron chi connectivity index (χ0n) is 10.6. The van der Waals surface area contributed by atoms with E-state index in [1.165, 1.54) is 17.7 Å². The Morgan fingerprint density at radius 3 is 2.22 bits per heavy atom. The molecule has 0 saturated heterocycles. The summed E-state index contributed by atoms with van der Waals surface area (Å²) in [7, 11) is 0. The second-order valence-corrected chi connectivity index (χ2v) is 4.68. The minimum atomic E-state index is -0.193. The van der Waals surface area contributed by atoms with E-state index in [4.69, 9.17) is 5.73 Å². The number of rotatable bonds is 4. The summed E-state index contributed by atoms with van der Waals surface area (Å²) in [4.78, 5) is 0. The fourth-order valence-corrected chi connectivity index (χ4v) is 1.95. The van der Waals surface area contributed by atoms with Crippen LogP contribution in [0.15, 0.2) is 48.5 Å². The highest BCUT2D eigenvalue weighted by atomic mass is 19.1. The Labute approximate surface area is 107 Å². The van der Waals surface area contributed by atoms with Crippen molar-refractivity contribution in [2.75, 3.05) is 0 Å². The SMILES string of the molecule is Cc1ccc(C(N)CCc2ccc(F)cc2)cc1. The average molecular weight is 243 g/mol. The van der Waals surface area contributed by atoms with Gasteiger partial charge >= 0.3 is 0 Å². The van der Waals surface area contributed by atoms with Crippen molar-refractivity contribution < 1.29 is 4.39 Å².